The molecule has 0 fully saturated rings. The maximum atomic E-state index is 2.28. The Labute approximate surface area is 61.9 Å². The summed E-state index contributed by atoms with van der Waals surface area (Å²) >= 11 is 0. The van der Waals surface area contributed by atoms with Gasteiger partial charge in [-0.15, -0.1) is 0 Å². The maximum absolute atomic E-state index is 2.28. The second-order valence-corrected chi connectivity index (χ2v) is 3.60. The first-order valence-electron chi connectivity index (χ1n) is 3.74. The van der Waals surface area contributed by atoms with Crippen molar-refractivity contribution in [1.82, 2.24) is 0 Å². The van der Waals surface area contributed by atoms with Crippen LogP contribution in [0.25, 0.3) is 0 Å². The zero-order valence-electron chi connectivity index (χ0n) is 6.73. The van der Waals surface area contributed by atoms with Crippen LogP contribution < -0.4 is 0 Å². The molecule has 0 N–H and O–H groups in total. The second-order valence-electron chi connectivity index (χ2n) is 3.60. The summed E-state index contributed by atoms with van der Waals surface area (Å²) in [4.78, 5) is 0. The standard InChI is InChI=1S/C10H12/c1-7-8-5-4-6-9(7)10(8,2)3/h4-6H,1-3H3. The molecule has 0 radical (unpaired) electrons. The lowest BCUT2D eigenvalue weighted by Gasteiger charge is -2.39. The number of hydrogen-bond acceptors (Lipinski definition) is 0. The van der Waals surface area contributed by atoms with Crippen molar-refractivity contribution in [3.63, 3.8) is 0 Å². The molecule has 3 rings (SSSR count). The zero-order valence-corrected chi connectivity index (χ0v) is 6.73. The summed E-state index contributed by atoms with van der Waals surface area (Å²) in [5.74, 6) is 0. The van der Waals surface area contributed by atoms with Crippen LogP contribution in [0.2, 0.25) is 0 Å². The Balaban J connectivity index is 2.70. The summed E-state index contributed by atoms with van der Waals surface area (Å²) in [6, 6.07) is 6.59. The second kappa shape index (κ2) is 1.45. The van der Waals surface area contributed by atoms with Gasteiger partial charge in [-0.25, -0.2) is 0 Å². The third-order valence-electron chi connectivity index (χ3n) is 2.68. The van der Waals surface area contributed by atoms with Gasteiger partial charge in [-0.1, -0.05) is 32.0 Å². The third kappa shape index (κ3) is 0.439. The van der Waals surface area contributed by atoms with Crippen LogP contribution in [0.4, 0.5) is 0 Å². The molecule has 0 heteroatoms. The van der Waals surface area contributed by atoms with Crippen LogP contribution in [0.15, 0.2) is 18.2 Å². The molecule has 2 bridgehead atoms. The Hall–Kier alpha value is -0.780. The minimum absolute atomic E-state index is 0.360. The highest BCUT2D eigenvalue weighted by molar-refractivity contribution is 5.56. The molecule has 10 heavy (non-hydrogen) atoms. The Morgan fingerprint density at radius 1 is 1.10 bits per heavy atom. The Morgan fingerprint density at radius 3 is 1.80 bits per heavy atom. The van der Waals surface area contributed by atoms with Gasteiger partial charge in [0.25, 0.3) is 0 Å². The molecule has 0 spiro atoms. The van der Waals surface area contributed by atoms with E-state index in [1.807, 2.05) is 0 Å². The van der Waals surface area contributed by atoms with E-state index in [1.165, 1.54) is 16.7 Å². The van der Waals surface area contributed by atoms with Crippen LogP contribution in [0, 0.1) is 6.92 Å². The van der Waals surface area contributed by atoms with Crippen molar-refractivity contribution < 1.29 is 0 Å². The predicted octanol–water partition coefficient (Wildman–Crippen LogP) is 2.63. The van der Waals surface area contributed by atoms with Crippen LogP contribution in [0.1, 0.15) is 30.5 Å². The van der Waals surface area contributed by atoms with Gasteiger partial charge < -0.3 is 0 Å². The van der Waals surface area contributed by atoms with Crippen molar-refractivity contribution in [2.24, 2.45) is 0 Å². The average Bonchev–Trinajstić information content (AvgIpc) is 1.88. The summed E-state index contributed by atoms with van der Waals surface area (Å²) < 4.78 is 0. The summed E-state index contributed by atoms with van der Waals surface area (Å²) in [5, 5.41) is 0. The summed E-state index contributed by atoms with van der Waals surface area (Å²) in [6.45, 7) is 6.77. The maximum Gasteiger partial charge on any atom is 0.0152 e. The molecule has 52 valence electrons. The number of hydrogen-bond donors (Lipinski definition) is 0. The largest absolute Gasteiger partial charge is 0.0616 e. The van der Waals surface area contributed by atoms with Gasteiger partial charge >= 0.3 is 0 Å². The van der Waals surface area contributed by atoms with Gasteiger partial charge in [-0.05, 0) is 23.6 Å². The third-order valence-corrected chi connectivity index (χ3v) is 2.68. The number of aryl methyl sites for hydroxylation is 1. The Bertz CT molecular complexity index is 258. The van der Waals surface area contributed by atoms with Crippen molar-refractivity contribution in [1.29, 1.82) is 0 Å². The molecular weight excluding hydrogens is 120 g/mol. The molecule has 2 aliphatic rings. The molecule has 1 aromatic rings. The molecule has 0 amide bonds. The average molecular weight is 132 g/mol. The molecule has 0 atom stereocenters. The summed E-state index contributed by atoms with van der Waals surface area (Å²) in [7, 11) is 0. The fraction of sp³-hybridized carbons (Fsp3) is 0.400. The number of fused-ring (bicyclic) bond motifs is 2. The normalized spacial score (nSPS) is 18.3. The molecule has 0 saturated heterocycles. The minimum atomic E-state index is 0.360. The van der Waals surface area contributed by atoms with Crippen molar-refractivity contribution >= 4 is 0 Å². The Kier molecular flexibility index (Phi) is 0.862. The SMILES string of the molecule is Cc1c2cccc1C2(C)C. The molecule has 0 aromatic heterocycles. The van der Waals surface area contributed by atoms with Crippen molar-refractivity contribution in [2.75, 3.05) is 0 Å². The number of benzene rings is 1. The van der Waals surface area contributed by atoms with E-state index in [2.05, 4.69) is 39.0 Å². The van der Waals surface area contributed by atoms with E-state index in [-0.39, 0.29) is 0 Å². The van der Waals surface area contributed by atoms with Crippen LogP contribution in [-0.4, -0.2) is 0 Å². The van der Waals surface area contributed by atoms with E-state index in [0.717, 1.165) is 0 Å². The van der Waals surface area contributed by atoms with Gasteiger partial charge in [-0.2, -0.15) is 0 Å². The van der Waals surface area contributed by atoms with Gasteiger partial charge in [0.1, 0.15) is 0 Å². The van der Waals surface area contributed by atoms with Crippen molar-refractivity contribution in [3.05, 3.63) is 34.9 Å². The molecule has 0 unspecified atom stereocenters. The van der Waals surface area contributed by atoms with E-state index < -0.39 is 0 Å². The van der Waals surface area contributed by atoms with Crippen molar-refractivity contribution in [3.8, 4) is 0 Å². The lowest BCUT2D eigenvalue weighted by molar-refractivity contribution is 0.579. The summed E-state index contributed by atoms with van der Waals surface area (Å²) in [6.07, 6.45) is 0. The number of rotatable bonds is 0. The van der Waals surface area contributed by atoms with Gasteiger partial charge in [0, 0.05) is 5.41 Å². The quantitative estimate of drug-likeness (QED) is 0.509. The molecular formula is C10H12. The molecule has 2 aliphatic carbocycles. The smallest absolute Gasteiger partial charge is 0.0152 e. The summed E-state index contributed by atoms with van der Waals surface area (Å²) in [5.41, 5.74) is 4.89. The van der Waals surface area contributed by atoms with E-state index in [1.54, 1.807) is 0 Å². The lowest BCUT2D eigenvalue weighted by atomic mass is 9.64. The van der Waals surface area contributed by atoms with Gasteiger partial charge in [0.05, 0.1) is 0 Å². The van der Waals surface area contributed by atoms with E-state index in [9.17, 15) is 0 Å². The molecule has 0 heterocycles. The Morgan fingerprint density at radius 2 is 1.60 bits per heavy atom. The van der Waals surface area contributed by atoms with Crippen LogP contribution in [-0.2, 0) is 5.41 Å². The van der Waals surface area contributed by atoms with Crippen LogP contribution in [0.5, 0.6) is 0 Å². The highest BCUT2D eigenvalue weighted by atomic mass is 14.4. The van der Waals surface area contributed by atoms with Crippen LogP contribution in [0.3, 0.4) is 0 Å². The monoisotopic (exact) mass is 132 g/mol. The molecule has 1 aromatic carbocycles. The van der Waals surface area contributed by atoms with Gasteiger partial charge in [0.2, 0.25) is 0 Å². The van der Waals surface area contributed by atoms with E-state index in [4.69, 9.17) is 0 Å². The fourth-order valence-corrected chi connectivity index (χ4v) is 2.07. The molecule has 0 saturated carbocycles. The van der Waals surface area contributed by atoms with Gasteiger partial charge in [0.15, 0.2) is 0 Å². The lowest BCUT2D eigenvalue weighted by Crippen LogP contribution is -2.30. The topological polar surface area (TPSA) is 0 Å². The molecule has 0 aliphatic heterocycles. The minimum Gasteiger partial charge on any atom is -0.0616 e. The van der Waals surface area contributed by atoms with Gasteiger partial charge in [-0.3, -0.25) is 0 Å². The first-order valence-corrected chi connectivity index (χ1v) is 3.74. The van der Waals surface area contributed by atoms with E-state index >= 15 is 0 Å². The molecule has 0 nitrogen and oxygen atoms in total. The van der Waals surface area contributed by atoms with Crippen molar-refractivity contribution in [2.45, 2.75) is 26.2 Å². The van der Waals surface area contributed by atoms with E-state index in [0.29, 0.717) is 5.41 Å². The first kappa shape index (κ1) is 5.96. The predicted molar refractivity (Wildman–Crippen MR) is 43.3 cm³/mol. The zero-order chi connectivity index (χ0) is 7.35. The van der Waals surface area contributed by atoms with Crippen LogP contribution >= 0.6 is 0 Å². The fourth-order valence-electron chi connectivity index (χ4n) is 2.07. The highest BCUT2D eigenvalue weighted by Gasteiger charge is 2.35. The highest BCUT2D eigenvalue weighted by Crippen LogP contribution is 2.44. The first-order chi connectivity index (χ1) is 4.64.